The summed E-state index contributed by atoms with van der Waals surface area (Å²) in [5.74, 6) is -4.06. The van der Waals surface area contributed by atoms with Gasteiger partial charge in [-0.25, -0.2) is 4.98 Å². The average molecular weight is 582 g/mol. The molecule has 0 bridgehead atoms. The Morgan fingerprint density at radius 1 is 0.973 bits per heavy atom. The van der Waals surface area contributed by atoms with Crippen LogP contribution in [-0.4, -0.2) is 72.0 Å². The lowest BCUT2D eigenvalue weighted by atomic mass is 9.97. The van der Waals surface area contributed by atoms with Crippen LogP contribution in [0.4, 0.5) is 0 Å². The number of nitrogens with zero attached hydrogens (tertiary/aromatic N) is 2. The maximum atomic E-state index is 12.7. The molecule has 198 valence electrons. The van der Waals surface area contributed by atoms with Crippen molar-refractivity contribution in [3.05, 3.63) is 34.1 Å². The number of amides is 1. The highest BCUT2D eigenvalue weighted by Gasteiger charge is 2.53. The second-order valence-electron chi connectivity index (χ2n) is 7.64. The van der Waals surface area contributed by atoms with Crippen molar-refractivity contribution in [1.82, 2.24) is 10.3 Å². The van der Waals surface area contributed by atoms with Crippen LogP contribution < -0.4 is 5.32 Å². The summed E-state index contributed by atoms with van der Waals surface area (Å²) in [6.07, 6.45) is -5.90. The van der Waals surface area contributed by atoms with E-state index in [1.807, 2.05) is 0 Å². The first-order valence-electron chi connectivity index (χ1n) is 10.8. The molecule has 1 aromatic heterocycles. The number of hydrogen-bond acceptors (Lipinski definition) is 12. The van der Waals surface area contributed by atoms with E-state index in [9.17, 15) is 29.2 Å². The molecule has 1 fully saturated rings. The third-order valence-corrected chi connectivity index (χ3v) is 5.08. The molecule has 13 nitrogen and oxygen atoms in total. The molecule has 2 heterocycles. The van der Waals surface area contributed by atoms with Gasteiger partial charge >= 0.3 is 23.9 Å². The number of esters is 4. The van der Waals surface area contributed by atoms with Crippen LogP contribution in [-0.2, 0) is 47.7 Å². The molecule has 14 heteroatoms. The molecule has 37 heavy (non-hydrogen) atoms. The second kappa shape index (κ2) is 13.5. The molecule has 1 aliphatic rings. The Bertz CT molecular complexity index is 1130. The summed E-state index contributed by atoms with van der Waals surface area (Å²) in [6, 6.07) is 6.69. The minimum atomic E-state index is -1.57. The standard InChI is InChI=1S/C23H24BrN3O10/c1-11(28)33-19-17(10-26-22(32)15(9-25)8-16-6-5-7-18(24)27-16)37-23(36-14(4)31)21(35-13(3)30)20(19)34-12(2)29/h5-8,17,19-21,23H,10H2,1-4H3,(H,26,32)/b15-8+/t17-,19+,20+,21-,23+/m1/s1. The first kappa shape index (κ1) is 29.4. The van der Waals surface area contributed by atoms with Gasteiger partial charge in [0, 0.05) is 34.2 Å². The lowest BCUT2D eigenvalue weighted by Crippen LogP contribution is -2.64. The van der Waals surface area contributed by atoms with Gasteiger partial charge in [0.05, 0.1) is 5.69 Å². The second-order valence-corrected chi connectivity index (χ2v) is 8.45. The molecule has 5 atom stereocenters. The van der Waals surface area contributed by atoms with Crippen LogP contribution >= 0.6 is 15.9 Å². The Kier molecular flexibility index (Phi) is 10.7. The molecule has 1 aliphatic heterocycles. The maximum Gasteiger partial charge on any atom is 0.305 e. The van der Waals surface area contributed by atoms with E-state index in [1.54, 1.807) is 24.3 Å². The van der Waals surface area contributed by atoms with E-state index in [4.69, 9.17) is 23.7 Å². The zero-order valence-corrected chi connectivity index (χ0v) is 21.8. The summed E-state index contributed by atoms with van der Waals surface area (Å²) in [5, 5.41) is 11.9. The van der Waals surface area contributed by atoms with Crippen molar-refractivity contribution in [3.63, 3.8) is 0 Å². The van der Waals surface area contributed by atoms with Gasteiger partial charge in [-0.1, -0.05) is 6.07 Å². The van der Waals surface area contributed by atoms with Gasteiger partial charge in [-0.2, -0.15) is 5.26 Å². The summed E-state index contributed by atoms with van der Waals surface area (Å²) >= 11 is 3.20. The summed E-state index contributed by atoms with van der Waals surface area (Å²) in [6.45, 7) is 3.91. The quantitative estimate of drug-likeness (QED) is 0.151. The Morgan fingerprint density at radius 3 is 2.08 bits per heavy atom. The van der Waals surface area contributed by atoms with Crippen LogP contribution in [0.25, 0.3) is 6.08 Å². The van der Waals surface area contributed by atoms with E-state index >= 15 is 0 Å². The highest BCUT2D eigenvalue weighted by molar-refractivity contribution is 9.10. The van der Waals surface area contributed by atoms with Gasteiger partial charge in [-0.15, -0.1) is 0 Å². The number of pyridine rings is 1. The highest BCUT2D eigenvalue weighted by Crippen LogP contribution is 2.29. The average Bonchev–Trinajstić information content (AvgIpc) is 2.78. The van der Waals surface area contributed by atoms with E-state index in [1.165, 1.54) is 6.08 Å². The van der Waals surface area contributed by atoms with E-state index in [-0.39, 0.29) is 12.1 Å². The van der Waals surface area contributed by atoms with Crippen LogP contribution in [0.5, 0.6) is 0 Å². The van der Waals surface area contributed by atoms with Gasteiger partial charge in [-0.3, -0.25) is 24.0 Å². The Balaban J connectivity index is 2.36. The highest BCUT2D eigenvalue weighted by atomic mass is 79.9. The summed E-state index contributed by atoms with van der Waals surface area (Å²) in [5.41, 5.74) is 0.0400. The largest absolute Gasteiger partial charge is 0.456 e. The smallest absolute Gasteiger partial charge is 0.305 e. The Morgan fingerprint density at radius 2 is 1.54 bits per heavy atom. The van der Waals surface area contributed by atoms with Gasteiger partial charge in [0.2, 0.25) is 12.4 Å². The van der Waals surface area contributed by atoms with Crippen LogP contribution in [0, 0.1) is 11.3 Å². The van der Waals surface area contributed by atoms with Gasteiger partial charge in [0.1, 0.15) is 22.3 Å². The van der Waals surface area contributed by atoms with Gasteiger partial charge in [-0.05, 0) is 34.1 Å². The monoisotopic (exact) mass is 581 g/mol. The first-order valence-corrected chi connectivity index (χ1v) is 11.6. The molecule has 1 N–H and O–H groups in total. The molecular weight excluding hydrogens is 558 g/mol. The molecule has 0 radical (unpaired) electrons. The lowest BCUT2D eigenvalue weighted by Gasteiger charge is -2.43. The third-order valence-electron chi connectivity index (χ3n) is 4.64. The number of nitrogens with one attached hydrogen (secondary N) is 1. The van der Waals surface area contributed by atoms with Gasteiger partial charge < -0.3 is 29.0 Å². The van der Waals surface area contributed by atoms with E-state index in [0.717, 1.165) is 27.7 Å². The summed E-state index contributed by atoms with van der Waals surface area (Å²) < 4.78 is 27.0. The molecular formula is C23H24BrN3O10. The minimum Gasteiger partial charge on any atom is -0.456 e. The van der Waals surface area contributed by atoms with Crippen molar-refractivity contribution in [3.8, 4) is 6.07 Å². The fraction of sp³-hybridized carbons (Fsp3) is 0.435. The molecule has 2 rings (SSSR count). The number of aromatic nitrogens is 1. The number of nitriles is 1. The van der Waals surface area contributed by atoms with Crippen molar-refractivity contribution < 1.29 is 47.7 Å². The summed E-state index contributed by atoms with van der Waals surface area (Å²) in [4.78, 5) is 63.9. The van der Waals surface area contributed by atoms with Gasteiger partial charge in [0.25, 0.3) is 5.91 Å². The zero-order valence-electron chi connectivity index (χ0n) is 20.3. The van der Waals surface area contributed by atoms with Crippen molar-refractivity contribution in [1.29, 1.82) is 5.26 Å². The molecule has 0 saturated carbocycles. The van der Waals surface area contributed by atoms with E-state index < -0.39 is 60.5 Å². The summed E-state index contributed by atoms with van der Waals surface area (Å²) in [7, 11) is 0. The number of hydrogen-bond donors (Lipinski definition) is 1. The molecule has 1 aromatic rings. The number of carbonyl (C=O) groups excluding carboxylic acids is 5. The molecule has 0 unspecified atom stereocenters. The molecule has 0 aromatic carbocycles. The van der Waals surface area contributed by atoms with E-state index in [0.29, 0.717) is 10.3 Å². The fourth-order valence-corrected chi connectivity index (χ4v) is 3.72. The van der Waals surface area contributed by atoms with Crippen LogP contribution in [0.3, 0.4) is 0 Å². The Labute approximate surface area is 220 Å². The van der Waals surface area contributed by atoms with Crippen LogP contribution in [0.1, 0.15) is 33.4 Å². The van der Waals surface area contributed by atoms with Crippen molar-refractivity contribution in [2.24, 2.45) is 0 Å². The number of rotatable bonds is 8. The SMILES string of the molecule is CC(=O)O[C@H]1O[C@H](CNC(=O)/C(C#N)=C/c2cccc(Br)n2)[C@H](OC(C)=O)[C@H](OC(C)=O)[C@H]1OC(C)=O. The van der Waals surface area contributed by atoms with Crippen LogP contribution in [0.2, 0.25) is 0 Å². The molecule has 0 spiro atoms. The third kappa shape index (κ3) is 8.96. The van der Waals surface area contributed by atoms with Crippen molar-refractivity contribution in [2.75, 3.05) is 6.54 Å². The maximum absolute atomic E-state index is 12.7. The van der Waals surface area contributed by atoms with Crippen molar-refractivity contribution in [2.45, 2.75) is 58.4 Å². The molecule has 1 saturated heterocycles. The Hall–Kier alpha value is -3.83. The predicted molar refractivity (Wildman–Crippen MR) is 126 cm³/mol. The van der Waals surface area contributed by atoms with Gasteiger partial charge in [0.15, 0.2) is 12.2 Å². The molecule has 1 amide bonds. The minimum absolute atomic E-state index is 0.295. The van der Waals surface area contributed by atoms with Crippen molar-refractivity contribution >= 4 is 51.8 Å². The van der Waals surface area contributed by atoms with Crippen LogP contribution in [0.15, 0.2) is 28.4 Å². The number of carbonyl (C=O) groups is 5. The normalized spacial score (nSPS) is 23.1. The predicted octanol–water partition coefficient (Wildman–Crippen LogP) is 0.950. The van der Waals surface area contributed by atoms with E-state index in [2.05, 4.69) is 26.2 Å². The number of ether oxygens (including phenoxy) is 5. The first-order chi connectivity index (χ1) is 17.4. The zero-order chi connectivity index (χ0) is 27.7. The lowest BCUT2D eigenvalue weighted by molar-refractivity contribution is -0.294. The number of halogens is 1. The topological polar surface area (TPSA) is 180 Å². The fourth-order valence-electron chi connectivity index (χ4n) is 3.37. The molecule has 0 aliphatic carbocycles.